The van der Waals surface area contributed by atoms with Gasteiger partial charge in [-0.2, -0.15) is 0 Å². The summed E-state index contributed by atoms with van der Waals surface area (Å²) in [4.78, 5) is 24.5. The van der Waals surface area contributed by atoms with Crippen molar-refractivity contribution in [3.8, 4) is 5.75 Å². The number of primary amides is 1. The van der Waals surface area contributed by atoms with Crippen molar-refractivity contribution in [1.29, 1.82) is 0 Å². The Morgan fingerprint density at radius 3 is 2.95 bits per heavy atom. The Morgan fingerprint density at radius 2 is 2.27 bits per heavy atom. The van der Waals surface area contributed by atoms with E-state index >= 15 is 0 Å². The van der Waals surface area contributed by atoms with Crippen LogP contribution in [-0.4, -0.2) is 38.6 Å². The number of hydrogen-bond acceptors (Lipinski definition) is 3. The number of ether oxygens (including phenoxy) is 1. The molecule has 0 bridgehead atoms. The van der Waals surface area contributed by atoms with Crippen LogP contribution in [0, 0.1) is 5.92 Å². The molecule has 4 N–H and O–H groups in total. The fourth-order valence-electron chi connectivity index (χ4n) is 2.75. The third-order valence-corrected chi connectivity index (χ3v) is 4.10. The number of hydrogen-bond donors (Lipinski definition) is 3. The Kier molecular flexibility index (Phi) is 5.63. The minimum atomic E-state index is -0.283. The number of amides is 2. The highest BCUT2D eigenvalue weighted by Gasteiger charge is 2.28. The Balaban J connectivity index is 1.95. The van der Waals surface area contributed by atoms with Gasteiger partial charge in [0.05, 0.1) is 31.8 Å². The lowest BCUT2D eigenvalue weighted by molar-refractivity contribution is -0.899. The van der Waals surface area contributed by atoms with E-state index in [1.54, 1.807) is 18.2 Å². The predicted octanol–water partition coefficient (Wildman–Crippen LogP) is 0.0673. The zero-order chi connectivity index (χ0) is 16.1. The Hall–Kier alpha value is -1.79. The van der Waals surface area contributed by atoms with Gasteiger partial charge in [-0.1, -0.05) is 11.6 Å². The van der Waals surface area contributed by atoms with E-state index in [1.165, 1.54) is 7.11 Å². The van der Waals surface area contributed by atoms with Crippen LogP contribution in [0.3, 0.4) is 0 Å². The van der Waals surface area contributed by atoms with Crippen LogP contribution in [0.5, 0.6) is 5.75 Å². The minimum absolute atomic E-state index is 0.138. The van der Waals surface area contributed by atoms with Crippen molar-refractivity contribution in [3.63, 3.8) is 0 Å². The Labute approximate surface area is 134 Å². The van der Waals surface area contributed by atoms with Crippen molar-refractivity contribution in [1.82, 2.24) is 0 Å². The summed E-state index contributed by atoms with van der Waals surface area (Å²) in [5, 5.41) is 3.33. The average molecular weight is 327 g/mol. The number of halogens is 1. The van der Waals surface area contributed by atoms with Crippen molar-refractivity contribution >= 4 is 29.1 Å². The number of methoxy groups -OCH3 is 1. The van der Waals surface area contributed by atoms with Gasteiger partial charge < -0.3 is 20.7 Å². The minimum Gasteiger partial charge on any atom is -0.495 e. The molecule has 0 spiro atoms. The Morgan fingerprint density at radius 1 is 1.50 bits per heavy atom. The van der Waals surface area contributed by atoms with Crippen LogP contribution in [0.4, 0.5) is 5.69 Å². The third kappa shape index (κ3) is 4.35. The molecule has 120 valence electrons. The van der Waals surface area contributed by atoms with Gasteiger partial charge in [0.15, 0.2) is 6.54 Å². The van der Waals surface area contributed by atoms with Gasteiger partial charge in [-0.3, -0.25) is 9.59 Å². The molecule has 1 unspecified atom stereocenters. The van der Waals surface area contributed by atoms with Gasteiger partial charge in [0.25, 0.3) is 5.91 Å². The van der Waals surface area contributed by atoms with Gasteiger partial charge in [-0.15, -0.1) is 0 Å². The summed E-state index contributed by atoms with van der Waals surface area (Å²) in [5.74, 6) is -0.00605. The number of rotatable bonds is 5. The molecule has 1 fully saturated rings. The zero-order valence-electron chi connectivity index (χ0n) is 12.5. The van der Waals surface area contributed by atoms with E-state index in [2.05, 4.69) is 5.32 Å². The molecule has 2 amide bonds. The first-order chi connectivity index (χ1) is 10.5. The van der Waals surface area contributed by atoms with Crippen LogP contribution in [0.2, 0.25) is 5.02 Å². The van der Waals surface area contributed by atoms with Crippen LogP contribution >= 0.6 is 11.6 Å². The number of benzene rings is 1. The summed E-state index contributed by atoms with van der Waals surface area (Å²) < 4.78 is 5.20. The van der Waals surface area contributed by atoms with E-state index in [0.717, 1.165) is 24.3 Å². The quantitative estimate of drug-likeness (QED) is 0.715. The van der Waals surface area contributed by atoms with Gasteiger partial charge in [0, 0.05) is 5.02 Å². The highest BCUT2D eigenvalue weighted by molar-refractivity contribution is 6.31. The second kappa shape index (κ2) is 7.47. The SMILES string of the molecule is COc1ccc(Cl)cc1NC(=O)C[NH+]1CCC[C@H](C(N)=O)C1. The number of piperidine rings is 1. The van der Waals surface area contributed by atoms with Gasteiger partial charge in [0.1, 0.15) is 5.75 Å². The van der Waals surface area contributed by atoms with Crippen molar-refractivity contribution in [2.45, 2.75) is 12.8 Å². The lowest BCUT2D eigenvalue weighted by atomic mass is 9.97. The normalized spacial score (nSPS) is 21.2. The molecule has 1 aromatic rings. The lowest BCUT2D eigenvalue weighted by Crippen LogP contribution is -3.14. The first-order valence-corrected chi connectivity index (χ1v) is 7.63. The molecule has 1 aromatic carbocycles. The van der Waals surface area contributed by atoms with E-state index in [9.17, 15) is 9.59 Å². The molecule has 2 rings (SSSR count). The van der Waals surface area contributed by atoms with Crippen molar-refractivity contribution in [3.05, 3.63) is 23.2 Å². The highest BCUT2D eigenvalue weighted by atomic mass is 35.5. The number of nitrogens with two attached hydrogens (primary N) is 1. The molecule has 1 aliphatic rings. The molecular weight excluding hydrogens is 306 g/mol. The van der Waals surface area contributed by atoms with Crippen LogP contribution in [0.25, 0.3) is 0 Å². The zero-order valence-corrected chi connectivity index (χ0v) is 13.3. The van der Waals surface area contributed by atoms with Crippen molar-refractivity contribution in [2.75, 3.05) is 32.1 Å². The van der Waals surface area contributed by atoms with Gasteiger partial charge in [-0.05, 0) is 31.0 Å². The maximum atomic E-state index is 12.2. The van der Waals surface area contributed by atoms with Crippen LogP contribution in [0.15, 0.2) is 18.2 Å². The van der Waals surface area contributed by atoms with Crippen molar-refractivity contribution < 1.29 is 19.2 Å². The van der Waals surface area contributed by atoms with Gasteiger partial charge in [-0.25, -0.2) is 0 Å². The summed E-state index contributed by atoms with van der Waals surface area (Å²) in [5.41, 5.74) is 5.90. The molecule has 1 heterocycles. The molecule has 0 aliphatic carbocycles. The molecule has 1 aliphatic heterocycles. The highest BCUT2D eigenvalue weighted by Crippen LogP contribution is 2.27. The van der Waals surface area contributed by atoms with E-state index in [0.29, 0.717) is 29.5 Å². The van der Waals surface area contributed by atoms with Crippen LogP contribution < -0.4 is 20.7 Å². The number of anilines is 1. The molecule has 1 saturated heterocycles. The third-order valence-electron chi connectivity index (χ3n) is 3.87. The number of carbonyl (C=O) groups is 2. The van der Waals surface area contributed by atoms with Crippen molar-refractivity contribution in [2.24, 2.45) is 11.7 Å². The fourth-order valence-corrected chi connectivity index (χ4v) is 2.93. The molecule has 6 nitrogen and oxygen atoms in total. The largest absolute Gasteiger partial charge is 0.495 e. The van der Waals surface area contributed by atoms with E-state index in [4.69, 9.17) is 22.1 Å². The number of quaternary nitrogens is 1. The first-order valence-electron chi connectivity index (χ1n) is 7.26. The molecule has 22 heavy (non-hydrogen) atoms. The summed E-state index contributed by atoms with van der Waals surface area (Å²) in [6, 6.07) is 5.05. The molecule has 0 saturated carbocycles. The number of likely N-dealkylation sites (tertiary alicyclic amines) is 1. The Bertz CT molecular complexity index is 565. The molecule has 0 radical (unpaired) electrons. The summed E-state index contributed by atoms with van der Waals surface area (Å²) in [6.07, 6.45) is 1.71. The lowest BCUT2D eigenvalue weighted by Gasteiger charge is -2.27. The number of nitrogens with one attached hydrogen (secondary N) is 2. The molecule has 7 heteroatoms. The average Bonchev–Trinajstić information content (AvgIpc) is 2.47. The molecule has 0 aromatic heterocycles. The smallest absolute Gasteiger partial charge is 0.279 e. The van der Waals surface area contributed by atoms with Gasteiger partial charge in [0.2, 0.25) is 5.91 Å². The summed E-state index contributed by atoms with van der Waals surface area (Å²) in [7, 11) is 1.53. The van der Waals surface area contributed by atoms with Gasteiger partial charge >= 0.3 is 0 Å². The second-order valence-electron chi connectivity index (χ2n) is 5.52. The maximum Gasteiger partial charge on any atom is 0.279 e. The monoisotopic (exact) mass is 326 g/mol. The van der Waals surface area contributed by atoms with E-state index in [-0.39, 0.29) is 17.7 Å². The predicted molar refractivity (Wildman–Crippen MR) is 84.1 cm³/mol. The van der Waals surface area contributed by atoms with Crippen LogP contribution in [-0.2, 0) is 9.59 Å². The first kappa shape index (κ1) is 16.6. The maximum absolute atomic E-state index is 12.2. The molecule has 2 atom stereocenters. The second-order valence-corrected chi connectivity index (χ2v) is 5.95. The summed E-state index contributed by atoms with van der Waals surface area (Å²) in [6.45, 7) is 1.76. The fraction of sp³-hybridized carbons (Fsp3) is 0.467. The topological polar surface area (TPSA) is 85.9 Å². The van der Waals surface area contributed by atoms with Crippen LogP contribution in [0.1, 0.15) is 12.8 Å². The molecular formula is C15H21ClN3O3+. The van der Waals surface area contributed by atoms with E-state index < -0.39 is 0 Å². The standard InChI is InChI=1S/C15H20ClN3O3/c1-22-13-5-4-11(16)7-12(13)18-14(20)9-19-6-2-3-10(8-19)15(17)21/h4-5,7,10H,2-3,6,8-9H2,1H3,(H2,17,21)(H,18,20)/p+1/t10-/m0/s1. The number of carbonyl (C=O) groups excluding carboxylic acids is 2. The van der Waals surface area contributed by atoms with E-state index in [1.807, 2.05) is 0 Å². The summed E-state index contributed by atoms with van der Waals surface area (Å²) >= 11 is 5.94.